The lowest BCUT2D eigenvalue weighted by Crippen LogP contribution is -2.51. The summed E-state index contributed by atoms with van der Waals surface area (Å²) in [5, 5.41) is 24.6. The summed E-state index contributed by atoms with van der Waals surface area (Å²) >= 11 is 0. The zero-order valence-corrected chi connectivity index (χ0v) is 12.6. The molecule has 2 amide bonds. The molecule has 0 bridgehead atoms. The average Bonchev–Trinajstić information content (AvgIpc) is 2.54. The second kappa shape index (κ2) is 6.90. The molecule has 2 rings (SSSR count). The summed E-state index contributed by atoms with van der Waals surface area (Å²) in [6.45, 7) is 4.08. The molecule has 23 heavy (non-hydrogen) atoms. The van der Waals surface area contributed by atoms with Crippen molar-refractivity contribution in [1.29, 1.82) is 0 Å². The SMILES string of the molecule is CCNC(=O)N1CCN(c2ccc([N+](=O)[O-])cc2[N+](=O)[O-])CC1. The molecular weight excluding hydrogens is 306 g/mol. The Labute approximate surface area is 132 Å². The summed E-state index contributed by atoms with van der Waals surface area (Å²) in [5.74, 6) is 0. The number of carbonyl (C=O) groups is 1. The van der Waals surface area contributed by atoms with E-state index in [1.807, 2.05) is 6.92 Å². The lowest BCUT2D eigenvalue weighted by molar-refractivity contribution is -0.393. The van der Waals surface area contributed by atoms with Crippen LogP contribution < -0.4 is 10.2 Å². The van der Waals surface area contributed by atoms with Crippen molar-refractivity contribution in [2.24, 2.45) is 0 Å². The van der Waals surface area contributed by atoms with Gasteiger partial charge in [-0.05, 0) is 13.0 Å². The van der Waals surface area contributed by atoms with Gasteiger partial charge in [-0.1, -0.05) is 0 Å². The van der Waals surface area contributed by atoms with Gasteiger partial charge in [-0.25, -0.2) is 4.79 Å². The fourth-order valence-corrected chi connectivity index (χ4v) is 2.45. The number of anilines is 1. The van der Waals surface area contributed by atoms with Crippen LogP contribution in [0.4, 0.5) is 21.9 Å². The van der Waals surface area contributed by atoms with Gasteiger partial charge in [0.05, 0.1) is 15.9 Å². The van der Waals surface area contributed by atoms with Crippen molar-refractivity contribution in [1.82, 2.24) is 10.2 Å². The van der Waals surface area contributed by atoms with E-state index < -0.39 is 9.85 Å². The number of rotatable bonds is 4. The number of hydrogen-bond acceptors (Lipinski definition) is 6. The normalized spacial score (nSPS) is 14.5. The standard InChI is InChI=1S/C13H17N5O5/c1-2-14-13(19)16-7-5-15(6-8-16)11-4-3-10(17(20)21)9-12(11)18(22)23/h3-4,9H,2,5-8H2,1H3,(H,14,19). The van der Waals surface area contributed by atoms with Gasteiger partial charge in [0.25, 0.3) is 11.4 Å². The van der Waals surface area contributed by atoms with Gasteiger partial charge in [0.1, 0.15) is 5.69 Å². The van der Waals surface area contributed by atoms with E-state index in [4.69, 9.17) is 0 Å². The molecule has 0 atom stereocenters. The van der Waals surface area contributed by atoms with Crippen molar-refractivity contribution in [3.8, 4) is 0 Å². The third-order valence-corrected chi connectivity index (χ3v) is 3.60. The number of non-ortho nitro benzene ring substituents is 1. The van der Waals surface area contributed by atoms with Crippen LogP contribution in [-0.2, 0) is 0 Å². The number of benzene rings is 1. The van der Waals surface area contributed by atoms with Gasteiger partial charge in [-0.3, -0.25) is 20.2 Å². The number of nitro benzene ring substituents is 2. The van der Waals surface area contributed by atoms with E-state index in [0.29, 0.717) is 38.4 Å². The predicted molar refractivity (Wildman–Crippen MR) is 82.6 cm³/mol. The van der Waals surface area contributed by atoms with E-state index in [0.717, 1.165) is 6.07 Å². The van der Waals surface area contributed by atoms with Crippen LogP contribution in [0.15, 0.2) is 18.2 Å². The molecule has 10 nitrogen and oxygen atoms in total. The topological polar surface area (TPSA) is 122 Å². The lowest BCUT2D eigenvalue weighted by Gasteiger charge is -2.35. The van der Waals surface area contributed by atoms with E-state index in [1.54, 1.807) is 9.80 Å². The molecule has 1 saturated heterocycles. The van der Waals surface area contributed by atoms with E-state index >= 15 is 0 Å². The van der Waals surface area contributed by atoms with Crippen molar-refractivity contribution < 1.29 is 14.6 Å². The highest BCUT2D eigenvalue weighted by Crippen LogP contribution is 2.32. The molecular formula is C13H17N5O5. The third kappa shape index (κ3) is 3.65. The summed E-state index contributed by atoms with van der Waals surface area (Å²) in [7, 11) is 0. The quantitative estimate of drug-likeness (QED) is 0.659. The molecule has 0 aliphatic carbocycles. The molecule has 1 N–H and O–H groups in total. The average molecular weight is 323 g/mol. The van der Waals surface area contributed by atoms with Gasteiger partial charge >= 0.3 is 6.03 Å². The Morgan fingerprint density at radius 2 is 1.83 bits per heavy atom. The largest absolute Gasteiger partial charge is 0.362 e. The van der Waals surface area contributed by atoms with Crippen LogP contribution in [0, 0.1) is 20.2 Å². The van der Waals surface area contributed by atoms with E-state index in [9.17, 15) is 25.0 Å². The first-order valence-electron chi connectivity index (χ1n) is 7.14. The predicted octanol–water partition coefficient (Wildman–Crippen LogP) is 1.35. The fraction of sp³-hybridized carbons (Fsp3) is 0.462. The number of carbonyl (C=O) groups excluding carboxylic acids is 1. The Balaban J connectivity index is 2.16. The van der Waals surface area contributed by atoms with Crippen LogP contribution in [0.2, 0.25) is 0 Å². The van der Waals surface area contributed by atoms with Crippen molar-refractivity contribution in [3.05, 3.63) is 38.4 Å². The van der Waals surface area contributed by atoms with Gasteiger partial charge in [0, 0.05) is 38.8 Å². The molecule has 0 radical (unpaired) electrons. The molecule has 124 valence electrons. The first-order chi connectivity index (χ1) is 10.9. The number of nitrogens with one attached hydrogen (secondary N) is 1. The molecule has 1 aromatic rings. The fourth-order valence-electron chi connectivity index (χ4n) is 2.45. The Hall–Kier alpha value is -2.91. The molecule has 10 heteroatoms. The Kier molecular flexibility index (Phi) is 4.94. The maximum Gasteiger partial charge on any atom is 0.317 e. The first-order valence-corrected chi connectivity index (χ1v) is 7.14. The first kappa shape index (κ1) is 16.5. The van der Waals surface area contributed by atoms with Gasteiger partial charge in [0.15, 0.2) is 0 Å². The summed E-state index contributed by atoms with van der Waals surface area (Å²) in [6.07, 6.45) is 0. The Bertz CT molecular complexity index is 627. The number of urea groups is 1. The second-order valence-corrected chi connectivity index (χ2v) is 5.00. The van der Waals surface area contributed by atoms with Gasteiger partial charge < -0.3 is 15.1 Å². The molecule has 0 spiro atoms. The Morgan fingerprint density at radius 1 is 1.17 bits per heavy atom. The number of amides is 2. The van der Waals surface area contributed by atoms with E-state index in [1.165, 1.54) is 12.1 Å². The maximum absolute atomic E-state index is 11.7. The number of piperazine rings is 1. The highest BCUT2D eigenvalue weighted by atomic mass is 16.6. The number of nitro groups is 2. The third-order valence-electron chi connectivity index (χ3n) is 3.60. The molecule has 1 aromatic carbocycles. The smallest absolute Gasteiger partial charge is 0.317 e. The van der Waals surface area contributed by atoms with Crippen LogP contribution in [0.5, 0.6) is 0 Å². The van der Waals surface area contributed by atoms with Crippen LogP contribution in [-0.4, -0.2) is 53.5 Å². The zero-order chi connectivity index (χ0) is 17.0. The second-order valence-electron chi connectivity index (χ2n) is 5.00. The molecule has 0 aromatic heterocycles. The van der Waals surface area contributed by atoms with Crippen LogP contribution in [0.1, 0.15) is 6.92 Å². The van der Waals surface area contributed by atoms with Crippen molar-refractivity contribution in [2.45, 2.75) is 6.92 Å². The van der Waals surface area contributed by atoms with E-state index in [2.05, 4.69) is 5.32 Å². The van der Waals surface area contributed by atoms with Gasteiger partial charge in [0.2, 0.25) is 0 Å². The minimum Gasteiger partial charge on any atom is -0.362 e. The minimum atomic E-state index is -0.663. The van der Waals surface area contributed by atoms with E-state index in [-0.39, 0.29) is 17.4 Å². The monoisotopic (exact) mass is 323 g/mol. The Morgan fingerprint density at radius 3 is 2.35 bits per heavy atom. The molecule has 1 aliphatic heterocycles. The number of hydrogen-bond donors (Lipinski definition) is 1. The van der Waals surface area contributed by atoms with Crippen molar-refractivity contribution in [3.63, 3.8) is 0 Å². The summed E-state index contributed by atoms with van der Waals surface area (Å²) in [5.41, 5.74) is -0.289. The maximum atomic E-state index is 11.7. The molecule has 1 aliphatic rings. The summed E-state index contributed by atoms with van der Waals surface area (Å²) in [4.78, 5) is 35.8. The van der Waals surface area contributed by atoms with Crippen LogP contribution in [0.3, 0.4) is 0 Å². The minimum absolute atomic E-state index is 0.162. The van der Waals surface area contributed by atoms with Crippen LogP contribution in [0.25, 0.3) is 0 Å². The molecule has 0 unspecified atom stereocenters. The van der Waals surface area contributed by atoms with Crippen LogP contribution >= 0.6 is 0 Å². The molecule has 0 saturated carbocycles. The lowest BCUT2D eigenvalue weighted by atomic mass is 10.2. The van der Waals surface area contributed by atoms with Gasteiger partial charge in [-0.15, -0.1) is 0 Å². The zero-order valence-electron chi connectivity index (χ0n) is 12.6. The summed E-state index contributed by atoms with van der Waals surface area (Å²) < 4.78 is 0. The van der Waals surface area contributed by atoms with Crippen molar-refractivity contribution >= 4 is 23.1 Å². The number of nitrogens with zero attached hydrogens (tertiary/aromatic N) is 4. The highest BCUT2D eigenvalue weighted by molar-refractivity contribution is 5.75. The highest BCUT2D eigenvalue weighted by Gasteiger charge is 2.27. The summed E-state index contributed by atoms with van der Waals surface area (Å²) in [6, 6.07) is 3.44. The molecule has 1 heterocycles. The molecule has 1 fully saturated rings. The van der Waals surface area contributed by atoms with Crippen molar-refractivity contribution in [2.75, 3.05) is 37.6 Å². The van der Waals surface area contributed by atoms with Gasteiger partial charge in [-0.2, -0.15) is 0 Å².